The first-order chi connectivity index (χ1) is 0. The van der Waals surface area contributed by atoms with Gasteiger partial charge in [-0.05, 0) is 0 Å². The van der Waals surface area contributed by atoms with Gasteiger partial charge < -0.3 is 13.5 Å². The van der Waals surface area contributed by atoms with Gasteiger partial charge >= 0.3 is 62.7 Å². The molecule has 0 aromatic carbocycles. The molecule has 1 radical (unpaired) electrons. The summed E-state index contributed by atoms with van der Waals surface area (Å²) in [5.41, 5.74) is 0. The molecule has 0 N–H and O–H groups in total. The molecule has 39 valence electrons. The summed E-state index contributed by atoms with van der Waals surface area (Å²) in [5, 5.41) is 0. The molecule has 0 atom stereocenters. The SMILES string of the molecule is [Cu].[GaH3].[InH3].[SH-].[SeH3+]. The Morgan fingerprint density at radius 1 is 1.00 bits per heavy atom. The van der Waals surface area contributed by atoms with E-state index in [0.717, 1.165) is 0 Å². The Morgan fingerprint density at radius 2 is 1.00 bits per heavy atom. The minimum absolute atomic E-state index is 0. The van der Waals surface area contributed by atoms with E-state index >= 15 is 0 Å². The molecule has 0 saturated heterocycles. The van der Waals surface area contributed by atoms with E-state index in [1.807, 2.05) is 0 Å². The minimum atomic E-state index is 0. The summed E-state index contributed by atoms with van der Waals surface area (Å²) in [5.74, 6) is 0. The van der Waals surface area contributed by atoms with Crippen LogP contribution in [-0.2, 0) is 30.6 Å². The summed E-state index contributed by atoms with van der Waals surface area (Å²) >= 11 is 0. The predicted octanol–water partition coefficient (Wildman–Crippen LogP) is -3.82. The van der Waals surface area contributed by atoms with E-state index in [2.05, 4.69) is 0 Å². The van der Waals surface area contributed by atoms with Crippen LogP contribution in [0.4, 0.5) is 0 Å². The molecule has 0 aliphatic carbocycles. The molecule has 0 aliphatic rings. The maximum atomic E-state index is 0. The zero-order valence-corrected chi connectivity index (χ0v) is 5.58. The zero-order valence-electron chi connectivity index (χ0n) is 1.33. The van der Waals surface area contributed by atoms with Crippen molar-refractivity contribution in [2.75, 3.05) is 0 Å². The van der Waals surface area contributed by atoms with Crippen molar-refractivity contribution < 1.29 is 17.1 Å². The molecule has 0 spiro atoms. The van der Waals surface area contributed by atoms with E-state index in [0.29, 0.717) is 0 Å². The summed E-state index contributed by atoms with van der Waals surface area (Å²) in [7, 11) is 0. The van der Waals surface area contributed by atoms with Crippen molar-refractivity contribution in [3.63, 3.8) is 0 Å². The summed E-state index contributed by atoms with van der Waals surface area (Å²) in [6.07, 6.45) is 0. The van der Waals surface area contributed by atoms with Crippen molar-refractivity contribution in [2.45, 2.75) is 0 Å². The van der Waals surface area contributed by atoms with E-state index in [-0.39, 0.29) is 93.3 Å². The summed E-state index contributed by atoms with van der Waals surface area (Å²) in [4.78, 5) is 0. The van der Waals surface area contributed by atoms with Crippen LogP contribution >= 0.6 is 0 Å². The Labute approximate surface area is 91.8 Å². The summed E-state index contributed by atoms with van der Waals surface area (Å²) in [6.45, 7) is 0. The van der Waals surface area contributed by atoms with Gasteiger partial charge in [-0.3, -0.25) is 0 Å². The second kappa shape index (κ2) is 28.6. The van der Waals surface area contributed by atoms with Crippen molar-refractivity contribution in [2.24, 2.45) is 0 Å². The van der Waals surface area contributed by atoms with E-state index < -0.39 is 0 Å². The van der Waals surface area contributed by atoms with E-state index in [4.69, 9.17) is 0 Å². The average Bonchev–Trinajstić information content (AvgIpc) is 0. The van der Waals surface area contributed by atoms with Crippen LogP contribution in [-0.4, -0.2) is 62.7 Å². The average molecular weight is 369 g/mol. The van der Waals surface area contributed by atoms with E-state index in [1.54, 1.807) is 0 Å². The maximum absolute atomic E-state index is 0. The second-order valence-corrected chi connectivity index (χ2v) is 0. The van der Waals surface area contributed by atoms with Crippen LogP contribution in [0.2, 0.25) is 0 Å². The van der Waals surface area contributed by atoms with Gasteiger partial charge in [-0.25, -0.2) is 0 Å². The molecule has 0 saturated carbocycles. The van der Waals surface area contributed by atoms with Gasteiger partial charge in [0.05, 0.1) is 0 Å². The number of rotatable bonds is 0. The van der Waals surface area contributed by atoms with Gasteiger partial charge in [-0.2, -0.15) is 0 Å². The van der Waals surface area contributed by atoms with Gasteiger partial charge in [0.1, 0.15) is 0 Å². The molecular formula is H10CuGaInSSe. The quantitative estimate of drug-likeness (QED) is 0.240. The van der Waals surface area contributed by atoms with Gasteiger partial charge in [-0.1, -0.05) is 0 Å². The third-order valence-electron chi connectivity index (χ3n) is 0. The van der Waals surface area contributed by atoms with Crippen LogP contribution < -0.4 is 0 Å². The van der Waals surface area contributed by atoms with Gasteiger partial charge in [0.15, 0.2) is 0 Å². The first-order valence-corrected chi connectivity index (χ1v) is 0. The Hall–Kier alpha value is 2.90. The molecule has 0 fully saturated rings. The fourth-order valence-electron chi connectivity index (χ4n) is 0. The zero-order chi connectivity index (χ0) is 0. The molecule has 0 bridgehead atoms. The van der Waals surface area contributed by atoms with Crippen LogP contribution in [0.15, 0.2) is 0 Å². The third kappa shape index (κ3) is 19.7. The molecule has 0 aromatic rings. The Morgan fingerprint density at radius 3 is 1.00 bits per heavy atom. The van der Waals surface area contributed by atoms with Crippen molar-refractivity contribution in [1.82, 2.24) is 0 Å². The first-order valence-electron chi connectivity index (χ1n) is 0. The molecule has 0 rings (SSSR count). The molecular weight excluding hydrogens is 359 g/mol. The number of hydrogen-bond acceptors (Lipinski definition) is 1. The van der Waals surface area contributed by atoms with Crippen molar-refractivity contribution in [1.29, 1.82) is 0 Å². The first kappa shape index (κ1) is 44.8. The van der Waals surface area contributed by atoms with Crippen LogP contribution in [0, 0.1) is 0 Å². The number of hydrogen-bond donors (Lipinski definition) is 0. The fraction of sp³-hybridized carbons (Fsp3) is 0. The van der Waals surface area contributed by atoms with Crippen molar-refractivity contribution >= 4 is 76.2 Å². The topological polar surface area (TPSA) is 0 Å². The molecule has 5 heavy (non-hydrogen) atoms. The van der Waals surface area contributed by atoms with Crippen LogP contribution in [0.1, 0.15) is 0 Å². The monoisotopic (exact) mass is 369 g/mol. The van der Waals surface area contributed by atoms with Crippen LogP contribution in [0.25, 0.3) is 0 Å². The Balaban J connectivity index is 0. The van der Waals surface area contributed by atoms with E-state index in [1.165, 1.54) is 0 Å². The molecule has 0 aromatic heterocycles. The van der Waals surface area contributed by atoms with Gasteiger partial charge in [0.2, 0.25) is 0 Å². The molecule has 0 heterocycles. The normalized spacial score (nSPS) is 0. The summed E-state index contributed by atoms with van der Waals surface area (Å²) in [6, 6.07) is 0. The van der Waals surface area contributed by atoms with Gasteiger partial charge in [-0.15, -0.1) is 0 Å². The van der Waals surface area contributed by atoms with Crippen LogP contribution in [0.5, 0.6) is 0 Å². The molecule has 0 amide bonds. The van der Waals surface area contributed by atoms with E-state index in [9.17, 15) is 0 Å². The van der Waals surface area contributed by atoms with Crippen LogP contribution in [0.3, 0.4) is 0 Å². The predicted molar refractivity (Wildman–Crippen MR) is 38.6 cm³/mol. The molecule has 0 aliphatic heterocycles. The Bertz CT molecular complexity index is 11.6. The fourth-order valence-corrected chi connectivity index (χ4v) is 0. The summed E-state index contributed by atoms with van der Waals surface area (Å²) < 4.78 is 0. The Kier molecular flexibility index (Phi) is 256. The van der Waals surface area contributed by atoms with Gasteiger partial charge in [0, 0.05) is 17.1 Å². The second-order valence-electron chi connectivity index (χ2n) is 0. The molecule has 0 unspecified atom stereocenters. The molecule has 0 nitrogen and oxygen atoms in total. The standard InChI is InChI=1S/Cu.Ga.In.H2S.H2Se.6H/h;;;2*1H2;;;;;;. The molecule has 5 heteroatoms. The van der Waals surface area contributed by atoms with Gasteiger partial charge in [0.25, 0.3) is 0 Å². The van der Waals surface area contributed by atoms with Crippen molar-refractivity contribution in [3.8, 4) is 0 Å². The van der Waals surface area contributed by atoms with Crippen molar-refractivity contribution in [3.05, 3.63) is 0 Å². The number of thiol groups is 1. The third-order valence-corrected chi connectivity index (χ3v) is 0.